The minimum Gasteiger partial charge on any atom is -0.496 e. The van der Waals surface area contributed by atoms with E-state index in [1.807, 2.05) is 19.2 Å². The van der Waals surface area contributed by atoms with Gasteiger partial charge >= 0.3 is 0 Å². The molecule has 20 heavy (non-hydrogen) atoms. The summed E-state index contributed by atoms with van der Waals surface area (Å²) in [6.45, 7) is 4.31. The van der Waals surface area contributed by atoms with E-state index in [0.717, 1.165) is 15.8 Å². The monoisotopic (exact) mass is 333 g/mol. The van der Waals surface area contributed by atoms with E-state index in [9.17, 15) is 0 Å². The Labute approximate surface area is 129 Å². The smallest absolute Gasteiger partial charge is 0.125 e. The molecule has 2 aromatic carbocycles. The van der Waals surface area contributed by atoms with Gasteiger partial charge < -0.3 is 10.1 Å². The van der Waals surface area contributed by atoms with Gasteiger partial charge in [0.15, 0.2) is 0 Å². The molecule has 0 radical (unpaired) electrons. The fourth-order valence-electron chi connectivity index (χ4n) is 2.49. The van der Waals surface area contributed by atoms with Crippen LogP contribution >= 0.6 is 15.9 Å². The predicted octanol–water partition coefficient (Wildman–Crippen LogP) is 4.38. The Balaban J connectivity index is 2.55. The van der Waals surface area contributed by atoms with Crippen molar-refractivity contribution in [1.29, 1.82) is 0 Å². The molecule has 0 saturated carbocycles. The molecule has 0 aliphatic heterocycles. The highest BCUT2D eigenvalue weighted by atomic mass is 79.9. The first-order valence-corrected chi connectivity index (χ1v) is 7.44. The van der Waals surface area contributed by atoms with Crippen LogP contribution in [0.1, 0.15) is 28.3 Å². The van der Waals surface area contributed by atoms with Gasteiger partial charge in [-0.25, -0.2) is 0 Å². The van der Waals surface area contributed by atoms with Gasteiger partial charge in [-0.05, 0) is 49.7 Å². The van der Waals surface area contributed by atoms with E-state index in [4.69, 9.17) is 4.74 Å². The molecule has 0 aromatic heterocycles. The van der Waals surface area contributed by atoms with Gasteiger partial charge in [0.05, 0.1) is 13.2 Å². The average molecular weight is 334 g/mol. The Morgan fingerprint density at radius 3 is 2.50 bits per heavy atom. The maximum absolute atomic E-state index is 5.53. The number of methoxy groups -OCH3 is 1. The second-order valence-electron chi connectivity index (χ2n) is 4.90. The minimum atomic E-state index is 0.123. The predicted molar refractivity (Wildman–Crippen MR) is 87.5 cm³/mol. The van der Waals surface area contributed by atoms with E-state index in [1.165, 1.54) is 16.7 Å². The summed E-state index contributed by atoms with van der Waals surface area (Å²) in [5, 5.41) is 3.40. The van der Waals surface area contributed by atoms with E-state index >= 15 is 0 Å². The first-order valence-electron chi connectivity index (χ1n) is 6.65. The van der Waals surface area contributed by atoms with Crippen molar-refractivity contribution in [3.8, 4) is 5.75 Å². The van der Waals surface area contributed by atoms with Crippen molar-refractivity contribution in [3.63, 3.8) is 0 Å². The first kappa shape index (κ1) is 15.1. The van der Waals surface area contributed by atoms with E-state index < -0.39 is 0 Å². The molecule has 1 atom stereocenters. The number of hydrogen-bond donors (Lipinski definition) is 1. The summed E-state index contributed by atoms with van der Waals surface area (Å²) < 4.78 is 6.55. The summed E-state index contributed by atoms with van der Waals surface area (Å²) >= 11 is 3.49. The number of hydrogen-bond acceptors (Lipinski definition) is 2. The average Bonchev–Trinajstić information content (AvgIpc) is 2.45. The van der Waals surface area contributed by atoms with Crippen LogP contribution in [-0.4, -0.2) is 14.2 Å². The van der Waals surface area contributed by atoms with Gasteiger partial charge in [0, 0.05) is 10.0 Å². The Hall–Kier alpha value is -1.32. The van der Waals surface area contributed by atoms with Crippen molar-refractivity contribution in [2.45, 2.75) is 19.9 Å². The van der Waals surface area contributed by atoms with Crippen LogP contribution in [0.2, 0.25) is 0 Å². The van der Waals surface area contributed by atoms with Crippen molar-refractivity contribution in [2.75, 3.05) is 14.2 Å². The maximum atomic E-state index is 5.53. The van der Waals surface area contributed by atoms with E-state index in [1.54, 1.807) is 7.11 Å². The topological polar surface area (TPSA) is 21.3 Å². The fraction of sp³-hybridized carbons (Fsp3) is 0.294. The molecule has 0 saturated heterocycles. The quantitative estimate of drug-likeness (QED) is 0.896. The van der Waals surface area contributed by atoms with Gasteiger partial charge in [-0.15, -0.1) is 0 Å². The number of rotatable bonds is 4. The van der Waals surface area contributed by atoms with Gasteiger partial charge in [0.25, 0.3) is 0 Å². The Morgan fingerprint density at radius 2 is 1.85 bits per heavy atom. The summed E-state index contributed by atoms with van der Waals surface area (Å²) in [4.78, 5) is 0. The maximum Gasteiger partial charge on any atom is 0.125 e. The van der Waals surface area contributed by atoms with Crippen LogP contribution in [0.4, 0.5) is 0 Å². The highest BCUT2D eigenvalue weighted by molar-refractivity contribution is 9.10. The van der Waals surface area contributed by atoms with E-state index in [0.29, 0.717) is 0 Å². The van der Waals surface area contributed by atoms with Crippen LogP contribution < -0.4 is 10.1 Å². The number of benzene rings is 2. The molecule has 0 bridgehead atoms. The van der Waals surface area contributed by atoms with Gasteiger partial charge in [-0.2, -0.15) is 0 Å². The SMILES string of the molecule is CNC(c1ccc(Br)cc1OC)c1cccc(C)c1C. The van der Waals surface area contributed by atoms with Crippen LogP contribution in [0.3, 0.4) is 0 Å². The zero-order chi connectivity index (χ0) is 14.7. The molecule has 2 nitrogen and oxygen atoms in total. The molecule has 1 unspecified atom stereocenters. The van der Waals surface area contributed by atoms with Gasteiger partial charge in [-0.3, -0.25) is 0 Å². The molecule has 0 amide bonds. The zero-order valence-corrected chi connectivity index (χ0v) is 13.9. The van der Waals surface area contributed by atoms with Crippen LogP contribution in [-0.2, 0) is 0 Å². The van der Waals surface area contributed by atoms with Crippen LogP contribution in [0.5, 0.6) is 5.75 Å². The highest BCUT2D eigenvalue weighted by Gasteiger charge is 2.18. The summed E-state index contributed by atoms with van der Waals surface area (Å²) in [5.74, 6) is 0.889. The third kappa shape index (κ3) is 2.89. The summed E-state index contributed by atoms with van der Waals surface area (Å²) in [5.41, 5.74) is 5.05. The molecule has 2 aromatic rings. The Bertz CT molecular complexity index is 610. The Kier molecular flexibility index (Phi) is 4.84. The fourth-order valence-corrected chi connectivity index (χ4v) is 2.83. The Morgan fingerprint density at radius 1 is 1.10 bits per heavy atom. The van der Waals surface area contributed by atoms with Crippen molar-refractivity contribution >= 4 is 15.9 Å². The van der Waals surface area contributed by atoms with E-state index in [-0.39, 0.29) is 6.04 Å². The van der Waals surface area contributed by atoms with Crippen LogP contribution in [0.15, 0.2) is 40.9 Å². The lowest BCUT2D eigenvalue weighted by Crippen LogP contribution is -2.19. The zero-order valence-electron chi connectivity index (χ0n) is 12.3. The molecule has 0 spiro atoms. The first-order chi connectivity index (χ1) is 9.58. The highest BCUT2D eigenvalue weighted by Crippen LogP contribution is 2.33. The van der Waals surface area contributed by atoms with Crippen LogP contribution in [0.25, 0.3) is 0 Å². The second kappa shape index (κ2) is 6.42. The van der Waals surface area contributed by atoms with Crippen molar-refractivity contribution in [2.24, 2.45) is 0 Å². The molecule has 106 valence electrons. The molecule has 1 N–H and O–H groups in total. The minimum absolute atomic E-state index is 0.123. The molecule has 0 fully saturated rings. The molecular weight excluding hydrogens is 314 g/mol. The molecular formula is C17H20BrNO. The number of halogens is 1. The normalized spacial score (nSPS) is 12.2. The van der Waals surface area contributed by atoms with Gasteiger partial charge in [0.2, 0.25) is 0 Å². The van der Waals surface area contributed by atoms with Gasteiger partial charge in [0.1, 0.15) is 5.75 Å². The molecule has 0 aliphatic carbocycles. The van der Waals surface area contributed by atoms with E-state index in [2.05, 4.69) is 59.4 Å². The van der Waals surface area contributed by atoms with Crippen molar-refractivity contribution in [1.82, 2.24) is 5.32 Å². The largest absolute Gasteiger partial charge is 0.496 e. The van der Waals surface area contributed by atoms with Crippen molar-refractivity contribution in [3.05, 3.63) is 63.1 Å². The lowest BCUT2D eigenvalue weighted by molar-refractivity contribution is 0.405. The molecule has 3 heteroatoms. The van der Waals surface area contributed by atoms with Crippen LogP contribution in [0, 0.1) is 13.8 Å². The lowest BCUT2D eigenvalue weighted by atomic mass is 9.92. The second-order valence-corrected chi connectivity index (χ2v) is 5.81. The third-order valence-electron chi connectivity index (χ3n) is 3.75. The number of aryl methyl sites for hydroxylation is 1. The summed E-state index contributed by atoms with van der Waals surface area (Å²) in [7, 11) is 3.69. The molecule has 0 aliphatic rings. The summed E-state index contributed by atoms with van der Waals surface area (Å²) in [6, 6.07) is 12.7. The summed E-state index contributed by atoms with van der Waals surface area (Å²) in [6.07, 6.45) is 0. The molecule has 2 rings (SSSR count). The lowest BCUT2D eigenvalue weighted by Gasteiger charge is -2.22. The van der Waals surface area contributed by atoms with Gasteiger partial charge in [-0.1, -0.05) is 40.2 Å². The van der Waals surface area contributed by atoms with Crippen molar-refractivity contribution < 1.29 is 4.74 Å². The molecule has 0 heterocycles. The standard InChI is InChI=1S/C17H20BrNO/c1-11-6-5-7-14(12(11)2)17(19-3)15-9-8-13(18)10-16(15)20-4/h5-10,17,19H,1-4H3. The number of ether oxygens (including phenoxy) is 1. The number of nitrogens with one attached hydrogen (secondary N) is 1. The third-order valence-corrected chi connectivity index (χ3v) is 4.25.